The van der Waals surface area contributed by atoms with Crippen molar-refractivity contribution in [2.24, 2.45) is 10.9 Å². The molecule has 0 saturated heterocycles. The lowest BCUT2D eigenvalue weighted by Gasteiger charge is -2.27. The van der Waals surface area contributed by atoms with Gasteiger partial charge in [0.25, 0.3) is 0 Å². The van der Waals surface area contributed by atoms with Crippen LogP contribution in [0.2, 0.25) is 0 Å². The van der Waals surface area contributed by atoms with Gasteiger partial charge in [0.15, 0.2) is 0 Å². The molecule has 1 aliphatic carbocycles. The van der Waals surface area contributed by atoms with Gasteiger partial charge in [-0.3, -0.25) is 4.99 Å². The van der Waals surface area contributed by atoms with Crippen LogP contribution in [-0.2, 0) is 0 Å². The average molecular weight is 371 g/mol. The van der Waals surface area contributed by atoms with Crippen LogP contribution in [0.5, 0.6) is 0 Å². The Labute approximate surface area is 156 Å². The molecule has 5 heteroatoms. The van der Waals surface area contributed by atoms with Gasteiger partial charge >= 0.3 is 6.18 Å². The van der Waals surface area contributed by atoms with Gasteiger partial charge < -0.3 is 4.90 Å². The number of alkyl halides is 3. The largest absolute Gasteiger partial charge is 0.389 e. The van der Waals surface area contributed by atoms with Gasteiger partial charge in [0.1, 0.15) is 0 Å². The number of hydrogen-bond acceptors (Lipinski definition) is 2. The first kappa shape index (κ1) is 21.2. The molecule has 0 atom stereocenters. The highest BCUT2D eigenvalue weighted by atomic mass is 19.4. The Bertz CT molecular complexity index is 488. The minimum Gasteiger partial charge on any atom is -0.303 e. The molecule has 2 rings (SSSR count). The van der Waals surface area contributed by atoms with E-state index in [4.69, 9.17) is 0 Å². The van der Waals surface area contributed by atoms with Gasteiger partial charge in [0.2, 0.25) is 0 Å². The predicted molar refractivity (Wildman–Crippen MR) is 102 cm³/mol. The molecule has 148 valence electrons. The van der Waals surface area contributed by atoms with Gasteiger partial charge in [0.05, 0.1) is 0 Å². The zero-order valence-electron chi connectivity index (χ0n) is 15.9. The fourth-order valence-corrected chi connectivity index (χ4v) is 3.82. The van der Waals surface area contributed by atoms with Gasteiger partial charge in [-0.05, 0) is 50.8 Å². The monoisotopic (exact) mass is 370 g/mol. The van der Waals surface area contributed by atoms with Crippen molar-refractivity contribution >= 4 is 5.71 Å². The Hall–Kier alpha value is -1.10. The van der Waals surface area contributed by atoms with E-state index in [2.05, 4.69) is 16.5 Å². The van der Waals surface area contributed by atoms with E-state index in [9.17, 15) is 13.2 Å². The van der Waals surface area contributed by atoms with Crippen molar-refractivity contribution in [3.8, 4) is 0 Å². The van der Waals surface area contributed by atoms with Gasteiger partial charge in [-0.15, -0.1) is 0 Å². The fraction of sp³-hybridized carbons (Fsp3) is 0.762. The second kappa shape index (κ2) is 10.9. The highest BCUT2D eigenvalue weighted by Crippen LogP contribution is 2.27. The Balaban J connectivity index is 1.85. The Morgan fingerprint density at radius 3 is 2.62 bits per heavy atom. The SMILES string of the molecule is C=C1CCN(CCC2CCCCC2)CCC/C=C\C(CCC(F)(F)F)=N1. The van der Waals surface area contributed by atoms with E-state index < -0.39 is 12.6 Å². The van der Waals surface area contributed by atoms with Crippen molar-refractivity contribution in [2.75, 3.05) is 19.6 Å². The van der Waals surface area contributed by atoms with E-state index in [0.29, 0.717) is 11.4 Å². The summed E-state index contributed by atoms with van der Waals surface area (Å²) in [5.41, 5.74) is 1.19. The highest BCUT2D eigenvalue weighted by Gasteiger charge is 2.27. The molecule has 26 heavy (non-hydrogen) atoms. The molecule has 1 aliphatic heterocycles. The summed E-state index contributed by atoms with van der Waals surface area (Å²) in [6, 6.07) is 0. The van der Waals surface area contributed by atoms with Crippen molar-refractivity contribution in [1.29, 1.82) is 0 Å². The molecule has 0 bridgehead atoms. The molecule has 0 unspecified atom stereocenters. The average Bonchev–Trinajstić information content (AvgIpc) is 2.64. The lowest BCUT2D eigenvalue weighted by molar-refractivity contribution is -0.132. The molecule has 2 aliphatic rings. The maximum Gasteiger partial charge on any atom is 0.389 e. The summed E-state index contributed by atoms with van der Waals surface area (Å²) in [5.74, 6) is 0.872. The number of hydrogen-bond donors (Lipinski definition) is 0. The zero-order chi connectivity index (χ0) is 18.8. The van der Waals surface area contributed by atoms with Crippen molar-refractivity contribution in [1.82, 2.24) is 4.90 Å². The first-order valence-electron chi connectivity index (χ1n) is 10.1. The van der Waals surface area contributed by atoms with Gasteiger partial charge in [-0.2, -0.15) is 13.2 Å². The Morgan fingerprint density at radius 1 is 1.12 bits per heavy atom. The van der Waals surface area contributed by atoms with Crippen LogP contribution in [0.1, 0.15) is 70.6 Å². The maximum atomic E-state index is 12.5. The smallest absolute Gasteiger partial charge is 0.303 e. The van der Waals surface area contributed by atoms with Gasteiger partial charge in [-0.25, -0.2) is 0 Å². The molecule has 1 fully saturated rings. The molecule has 0 aromatic heterocycles. The summed E-state index contributed by atoms with van der Waals surface area (Å²) in [4.78, 5) is 6.87. The number of allylic oxidation sites excluding steroid dienone is 2. The first-order chi connectivity index (χ1) is 12.4. The van der Waals surface area contributed by atoms with Crippen LogP contribution in [0.15, 0.2) is 29.4 Å². The quantitative estimate of drug-likeness (QED) is 0.555. The van der Waals surface area contributed by atoms with Crippen molar-refractivity contribution in [2.45, 2.75) is 76.8 Å². The molecule has 0 aromatic carbocycles. The molecule has 1 heterocycles. The van der Waals surface area contributed by atoms with Crippen LogP contribution in [0.25, 0.3) is 0 Å². The number of rotatable bonds is 5. The second-order valence-electron chi connectivity index (χ2n) is 7.71. The first-order valence-corrected chi connectivity index (χ1v) is 10.1. The Morgan fingerprint density at radius 2 is 1.88 bits per heavy atom. The van der Waals surface area contributed by atoms with Crippen LogP contribution >= 0.6 is 0 Å². The fourth-order valence-electron chi connectivity index (χ4n) is 3.82. The molecule has 0 aromatic rings. The van der Waals surface area contributed by atoms with Crippen LogP contribution < -0.4 is 0 Å². The minimum absolute atomic E-state index is 0.0651. The van der Waals surface area contributed by atoms with E-state index in [1.54, 1.807) is 6.08 Å². The third-order valence-electron chi connectivity index (χ3n) is 5.42. The van der Waals surface area contributed by atoms with E-state index in [0.717, 1.165) is 44.8 Å². The molecule has 0 amide bonds. The van der Waals surface area contributed by atoms with Crippen molar-refractivity contribution < 1.29 is 13.2 Å². The highest BCUT2D eigenvalue weighted by molar-refractivity contribution is 5.95. The summed E-state index contributed by atoms with van der Waals surface area (Å²) >= 11 is 0. The molecule has 1 saturated carbocycles. The molecular weight excluding hydrogens is 337 g/mol. The summed E-state index contributed by atoms with van der Waals surface area (Å²) < 4.78 is 37.4. The lowest BCUT2D eigenvalue weighted by atomic mass is 9.87. The normalized spacial score (nSPS) is 23.3. The topological polar surface area (TPSA) is 15.6 Å². The number of halogens is 3. The maximum absolute atomic E-state index is 12.5. The minimum atomic E-state index is -4.14. The van der Waals surface area contributed by atoms with Crippen LogP contribution in [0.3, 0.4) is 0 Å². The summed E-state index contributed by atoms with van der Waals surface area (Å²) in [7, 11) is 0. The third kappa shape index (κ3) is 9.02. The Kier molecular flexibility index (Phi) is 8.89. The van der Waals surface area contributed by atoms with Gasteiger partial charge in [-0.1, -0.05) is 44.8 Å². The van der Waals surface area contributed by atoms with E-state index >= 15 is 0 Å². The van der Waals surface area contributed by atoms with Crippen LogP contribution in [-0.4, -0.2) is 36.4 Å². The third-order valence-corrected chi connectivity index (χ3v) is 5.42. The van der Waals surface area contributed by atoms with E-state index in [1.165, 1.54) is 38.5 Å². The molecular formula is C21H33F3N2. The van der Waals surface area contributed by atoms with Crippen LogP contribution in [0.4, 0.5) is 13.2 Å². The van der Waals surface area contributed by atoms with Crippen molar-refractivity contribution in [3.63, 3.8) is 0 Å². The lowest BCUT2D eigenvalue weighted by Crippen LogP contribution is -2.29. The molecule has 0 radical (unpaired) electrons. The predicted octanol–water partition coefficient (Wildman–Crippen LogP) is 6.30. The van der Waals surface area contributed by atoms with Gasteiger partial charge in [0, 0.05) is 30.8 Å². The second-order valence-corrected chi connectivity index (χ2v) is 7.71. The zero-order valence-corrected chi connectivity index (χ0v) is 15.9. The number of nitrogens with zero attached hydrogens (tertiary/aromatic N) is 2. The summed E-state index contributed by atoms with van der Waals surface area (Å²) in [5, 5.41) is 0. The number of aliphatic imine (C=N–C) groups is 1. The molecule has 2 nitrogen and oxygen atoms in total. The molecule has 0 spiro atoms. The van der Waals surface area contributed by atoms with Crippen LogP contribution in [0, 0.1) is 5.92 Å². The standard InChI is InChI=1S/C21H33F3N2/c1-18-12-16-26(17-13-19-8-4-2-5-9-19)15-7-3-6-10-20(25-18)11-14-21(22,23)24/h6,10,19H,1-5,7-9,11-17H2/b10-6-,25-20?. The van der Waals surface area contributed by atoms with E-state index in [1.807, 2.05) is 6.08 Å². The summed E-state index contributed by atoms with van der Waals surface area (Å²) in [6.07, 6.45) is 9.51. The molecule has 0 N–H and O–H groups in total. The summed E-state index contributed by atoms with van der Waals surface area (Å²) in [6.45, 7) is 7.03. The van der Waals surface area contributed by atoms with Crippen molar-refractivity contribution in [3.05, 3.63) is 24.4 Å². The van der Waals surface area contributed by atoms with E-state index in [-0.39, 0.29) is 6.42 Å².